The number of nitro groups is 1. The molecule has 2 heterocycles. The monoisotopic (exact) mass is 426 g/mol. The maximum absolute atomic E-state index is 12.2. The van der Waals surface area contributed by atoms with Crippen molar-refractivity contribution in [2.75, 3.05) is 5.32 Å². The molecule has 0 saturated heterocycles. The first-order valence-electron chi connectivity index (χ1n) is 8.79. The van der Waals surface area contributed by atoms with Crippen LogP contribution in [0.1, 0.15) is 12.3 Å². The number of hydrogen-bond acceptors (Lipinski definition) is 9. The first kappa shape index (κ1) is 19.6. The van der Waals surface area contributed by atoms with Crippen LogP contribution in [0, 0.1) is 10.1 Å². The number of amides is 1. The average molecular weight is 426 g/mol. The van der Waals surface area contributed by atoms with E-state index in [1.807, 2.05) is 18.2 Å². The molecule has 1 aliphatic rings. The van der Waals surface area contributed by atoms with E-state index in [0.717, 1.165) is 10.6 Å². The number of nitrogens with zero attached hydrogens (tertiary/aromatic N) is 3. The van der Waals surface area contributed by atoms with Crippen LogP contribution >= 0.6 is 11.8 Å². The van der Waals surface area contributed by atoms with Crippen molar-refractivity contribution in [2.45, 2.75) is 23.2 Å². The Bertz CT molecular complexity index is 1110. The molecule has 11 heteroatoms. The van der Waals surface area contributed by atoms with Crippen LogP contribution in [-0.4, -0.2) is 32.2 Å². The van der Waals surface area contributed by atoms with Gasteiger partial charge in [0.15, 0.2) is 6.61 Å². The largest absolute Gasteiger partial charge is 0.456 e. The zero-order chi connectivity index (χ0) is 21.1. The van der Waals surface area contributed by atoms with E-state index in [4.69, 9.17) is 9.15 Å². The zero-order valence-electron chi connectivity index (χ0n) is 15.3. The van der Waals surface area contributed by atoms with Gasteiger partial charge in [0.05, 0.1) is 22.3 Å². The second-order valence-corrected chi connectivity index (χ2v) is 7.51. The Kier molecular flexibility index (Phi) is 5.44. The Morgan fingerprint density at radius 3 is 2.73 bits per heavy atom. The molecule has 0 fully saturated rings. The standard InChI is InChI=1S/C19H14N4O6S/c24-17(9-15-18(25)20-13-3-1-2-4-14(13)30-15)28-10-16-21-22-19(29-16)11-5-7-12(8-6-11)23(26)27/h1-8,15H,9-10H2,(H,20,25)/t15-/m0/s1. The summed E-state index contributed by atoms with van der Waals surface area (Å²) in [6, 6.07) is 13.0. The lowest BCUT2D eigenvalue weighted by molar-refractivity contribution is -0.384. The number of ether oxygens (including phenoxy) is 1. The summed E-state index contributed by atoms with van der Waals surface area (Å²) >= 11 is 1.31. The number of anilines is 1. The van der Waals surface area contributed by atoms with Crippen LogP contribution in [0.5, 0.6) is 0 Å². The van der Waals surface area contributed by atoms with E-state index in [1.165, 1.54) is 36.0 Å². The quantitative estimate of drug-likeness (QED) is 0.358. The second-order valence-electron chi connectivity index (χ2n) is 6.26. The van der Waals surface area contributed by atoms with Crippen molar-refractivity contribution < 1.29 is 23.7 Å². The summed E-state index contributed by atoms with van der Waals surface area (Å²) in [5.41, 5.74) is 1.17. The summed E-state index contributed by atoms with van der Waals surface area (Å²) in [6.07, 6.45) is -0.103. The predicted molar refractivity (Wildman–Crippen MR) is 106 cm³/mol. The number of carbonyl (C=O) groups excluding carboxylic acids is 2. The number of carbonyl (C=O) groups is 2. The highest BCUT2D eigenvalue weighted by molar-refractivity contribution is 8.01. The van der Waals surface area contributed by atoms with Crippen molar-refractivity contribution in [3.8, 4) is 11.5 Å². The molecule has 1 aromatic heterocycles. The first-order valence-corrected chi connectivity index (χ1v) is 9.67. The van der Waals surface area contributed by atoms with Gasteiger partial charge in [0, 0.05) is 22.6 Å². The molecular weight excluding hydrogens is 412 g/mol. The Balaban J connectivity index is 1.32. The van der Waals surface area contributed by atoms with E-state index in [2.05, 4.69) is 15.5 Å². The Morgan fingerprint density at radius 2 is 1.97 bits per heavy atom. The molecule has 1 aliphatic heterocycles. The molecular formula is C19H14N4O6S. The summed E-state index contributed by atoms with van der Waals surface area (Å²) in [4.78, 5) is 35.4. The van der Waals surface area contributed by atoms with Crippen molar-refractivity contribution >= 4 is 35.0 Å². The fourth-order valence-corrected chi connectivity index (χ4v) is 3.83. The molecule has 0 saturated carbocycles. The Hall–Kier alpha value is -3.73. The van der Waals surface area contributed by atoms with Gasteiger partial charge in [-0.3, -0.25) is 19.7 Å². The number of aromatic nitrogens is 2. The SMILES string of the molecule is O=C(C[C@@H]1Sc2ccccc2NC1=O)OCc1nnc(-c2ccc([N+](=O)[O-])cc2)o1. The van der Waals surface area contributed by atoms with Gasteiger partial charge in [-0.25, -0.2) is 0 Å². The molecule has 1 amide bonds. The molecule has 0 unspecified atom stereocenters. The molecule has 2 aromatic carbocycles. The minimum Gasteiger partial charge on any atom is -0.456 e. The second kappa shape index (κ2) is 8.33. The lowest BCUT2D eigenvalue weighted by atomic mass is 10.2. The third-order valence-electron chi connectivity index (χ3n) is 4.21. The van der Waals surface area contributed by atoms with Crippen LogP contribution in [0.3, 0.4) is 0 Å². The molecule has 30 heavy (non-hydrogen) atoms. The molecule has 0 aliphatic carbocycles. The molecule has 1 atom stereocenters. The van der Waals surface area contributed by atoms with Crippen LogP contribution < -0.4 is 5.32 Å². The maximum Gasteiger partial charge on any atom is 0.307 e. The summed E-state index contributed by atoms with van der Waals surface area (Å²) in [6.45, 7) is -0.242. The van der Waals surface area contributed by atoms with Gasteiger partial charge in [-0.15, -0.1) is 22.0 Å². The van der Waals surface area contributed by atoms with Crippen LogP contribution in [0.2, 0.25) is 0 Å². The van der Waals surface area contributed by atoms with E-state index in [0.29, 0.717) is 5.56 Å². The smallest absolute Gasteiger partial charge is 0.307 e. The average Bonchev–Trinajstić information content (AvgIpc) is 3.22. The molecule has 0 bridgehead atoms. The van der Waals surface area contributed by atoms with Crippen molar-refractivity contribution in [1.29, 1.82) is 0 Å². The normalized spacial score (nSPS) is 15.2. The summed E-state index contributed by atoms with van der Waals surface area (Å²) < 4.78 is 10.6. The van der Waals surface area contributed by atoms with Crippen molar-refractivity contribution in [3.63, 3.8) is 0 Å². The van der Waals surface area contributed by atoms with Crippen LogP contribution in [0.15, 0.2) is 57.8 Å². The number of non-ortho nitro benzene ring substituents is 1. The van der Waals surface area contributed by atoms with Gasteiger partial charge in [-0.2, -0.15) is 0 Å². The van der Waals surface area contributed by atoms with E-state index >= 15 is 0 Å². The lowest BCUT2D eigenvalue weighted by Crippen LogP contribution is -2.31. The van der Waals surface area contributed by atoms with Gasteiger partial charge in [-0.1, -0.05) is 12.1 Å². The topological polar surface area (TPSA) is 137 Å². The number of para-hydroxylation sites is 1. The van der Waals surface area contributed by atoms with Gasteiger partial charge in [0.1, 0.15) is 0 Å². The first-order chi connectivity index (χ1) is 14.5. The Morgan fingerprint density at radius 1 is 1.20 bits per heavy atom. The van der Waals surface area contributed by atoms with Gasteiger partial charge >= 0.3 is 5.97 Å². The van der Waals surface area contributed by atoms with Gasteiger partial charge in [0.2, 0.25) is 11.8 Å². The lowest BCUT2D eigenvalue weighted by Gasteiger charge is -2.23. The van der Waals surface area contributed by atoms with Crippen LogP contribution in [-0.2, 0) is 20.9 Å². The highest BCUT2D eigenvalue weighted by Crippen LogP contribution is 2.36. The van der Waals surface area contributed by atoms with E-state index in [1.54, 1.807) is 6.07 Å². The molecule has 10 nitrogen and oxygen atoms in total. The molecule has 152 valence electrons. The number of esters is 1. The number of hydrogen-bond donors (Lipinski definition) is 1. The van der Waals surface area contributed by atoms with E-state index in [9.17, 15) is 19.7 Å². The van der Waals surface area contributed by atoms with E-state index < -0.39 is 16.1 Å². The molecule has 0 spiro atoms. The third kappa shape index (κ3) is 4.30. The summed E-state index contributed by atoms with van der Waals surface area (Å²) in [7, 11) is 0. The van der Waals surface area contributed by atoms with Crippen LogP contribution in [0.4, 0.5) is 11.4 Å². The number of nitro benzene ring substituents is 1. The molecule has 3 aromatic rings. The highest BCUT2D eigenvalue weighted by Gasteiger charge is 2.29. The van der Waals surface area contributed by atoms with Crippen molar-refractivity contribution in [1.82, 2.24) is 10.2 Å². The van der Waals surface area contributed by atoms with E-state index in [-0.39, 0.29) is 36.4 Å². The summed E-state index contributed by atoms with van der Waals surface area (Å²) in [5.74, 6) is -0.608. The fourth-order valence-electron chi connectivity index (χ4n) is 2.73. The van der Waals surface area contributed by atoms with Crippen LogP contribution in [0.25, 0.3) is 11.5 Å². The van der Waals surface area contributed by atoms with Gasteiger partial charge < -0.3 is 14.5 Å². The zero-order valence-corrected chi connectivity index (χ0v) is 16.1. The number of rotatable bonds is 6. The Labute approximate surface area is 173 Å². The van der Waals surface area contributed by atoms with Gasteiger partial charge in [-0.05, 0) is 24.3 Å². The van der Waals surface area contributed by atoms with Gasteiger partial charge in [0.25, 0.3) is 11.6 Å². The molecule has 4 rings (SSSR count). The maximum atomic E-state index is 12.2. The fraction of sp³-hybridized carbons (Fsp3) is 0.158. The predicted octanol–water partition coefficient (Wildman–Crippen LogP) is 3.19. The number of benzene rings is 2. The number of nitrogens with one attached hydrogen (secondary N) is 1. The third-order valence-corrected chi connectivity index (χ3v) is 5.48. The highest BCUT2D eigenvalue weighted by atomic mass is 32.2. The molecule has 1 N–H and O–H groups in total. The minimum absolute atomic E-state index is 0.0559. The summed E-state index contributed by atoms with van der Waals surface area (Å²) in [5, 5.41) is 20.5. The number of thioether (sulfide) groups is 1. The molecule has 0 radical (unpaired) electrons. The van der Waals surface area contributed by atoms with Crippen molar-refractivity contribution in [2.24, 2.45) is 0 Å². The van der Waals surface area contributed by atoms with Crippen molar-refractivity contribution in [3.05, 3.63) is 64.5 Å². The minimum atomic E-state index is -0.592. The number of fused-ring (bicyclic) bond motifs is 1.